The van der Waals surface area contributed by atoms with E-state index in [-0.39, 0.29) is 10.8 Å². The molecule has 0 spiro atoms. The van der Waals surface area contributed by atoms with Gasteiger partial charge in [-0.15, -0.1) is 0 Å². The van der Waals surface area contributed by atoms with Crippen molar-refractivity contribution in [2.75, 3.05) is 32.8 Å². The van der Waals surface area contributed by atoms with Crippen LogP contribution in [-0.4, -0.2) is 48.7 Å². The Morgan fingerprint density at radius 2 is 1.88 bits per heavy atom. The third-order valence-corrected chi connectivity index (χ3v) is 5.35. The zero-order valence-electron chi connectivity index (χ0n) is 15.0. The molecule has 1 aromatic carbocycles. The van der Waals surface area contributed by atoms with Crippen molar-refractivity contribution < 1.29 is 13.9 Å². The fourth-order valence-electron chi connectivity index (χ4n) is 3.50. The summed E-state index contributed by atoms with van der Waals surface area (Å²) in [5, 5.41) is 11.6. The number of nitrogens with zero attached hydrogens (tertiary/aromatic N) is 1. The van der Waals surface area contributed by atoms with E-state index in [2.05, 4.69) is 43.1 Å². The largest absolute Gasteiger partial charge is 0.390 e. The number of aliphatic hydroxyl groups excluding tert-OH is 1. The molecule has 2 rings (SSSR count). The first-order chi connectivity index (χ1) is 11.2. The number of halogens is 2. The Kier molecular flexibility index (Phi) is 6.00. The van der Waals surface area contributed by atoms with Crippen LogP contribution in [0.1, 0.15) is 32.8 Å². The summed E-state index contributed by atoms with van der Waals surface area (Å²) in [7, 11) is 0. The molecule has 1 aliphatic rings. The molecule has 0 aliphatic carbocycles. The molecule has 0 amide bonds. The Morgan fingerprint density at radius 3 is 2.46 bits per heavy atom. The number of aliphatic hydroxyl groups is 1. The Bertz CT molecular complexity index is 516. The highest BCUT2D eigenvalue weighted by Gasteiger charge is 2.46. The lowest BCUT2D eigenvalue weighted by Gasteiger charge is -2.42. The van der Waals surface area contributed by atoms with Crippen LogP contribution in [0.25, 0.3) is 0 Å². The summed E-state index contributed by atoms with van der Waals surface area (Å²) in [6.45, 7) is 8.28. The van der Waals surface area contributed by atoms with Crippen LogP contribution < -0.4 is 5.32 Å². The van der Waals surface area contributed by atoms with Crippen molar-refractivity contribution in [1.29, 1.82) is 0 Å². The minimum Gasteiger partial charge on any atom is -0.390 e. The Morgan fingerprint density at radius 1 is 1.21 bits per heavy atom. The molecule has 0 bridgehead atoms. The van der Waals surface area contributed by atoms with Crippen LogP contribution in [0.2, 0.25) is 0 Å². The molecule has 1 aliphatic heterocycles. The van der Waals surface area contributed by atoms with E-state index in [0.717, 1.165) is 26.1 Å². The average molecular weight is 340 g/mol. The second-order valence-corrected chi connectivity index (χ2v) is 8.09. The third-order valence-electron chi connectivity index (χ3n) is 5.35. The van der Waals surface area contributed by atoms with E-state index in [1.165, 1.54) is 5.56 Å². The Labute approximate surface area is 144 Å². The molecule has 5 heteroatoms. The van der Waals surface area contributed by atoms with E-state index < -0.39 is 19.1 Å². The highest BCUT2D eigenvalue weighted by atomic mass is 19.3. The second-order valence-electron chi connectivity index (χ2n) is 8.09. The Hall–Kier alpha value is -1.04. The van der Waals surface area contributed by atoms with Crippen LogP contribution >= 0.6 is 0 Å². The van der Waals surface area contributed by atoms with Gasteiger partial charge in [-0.2, -0.15) is 0 Å². The summed E-state index contributed by atoms with van der Waals surface area (Å²) in [5.41, 5.74) is 1.25. The smallest absolute Gasteiger partial charge is 0.282 e. The zero-order chi connectivity index (χ0) is 17.8. The van der Waals surface area contributed by atoms with E-state index in [1.54, 1.807) is 0 Å². The summed E-state index contributed by atoms with van der Waals surface area (Å²) in [4.78, 5) is 2.41. The lowest BCUT2D eigenvalue weighted by atomic mass is 9.66. The highest BCUT2D eigenvalue weighted by Crippen LogP contribution is 2.46. The van der Waals surface area contributed by atoms with Crippen molar-refractivity contribution >= 4 is 0 Å². The maximum Gasteiger partial charge on any atom is 0.282 e. The van der Waals surface area contributed by atoms with Crippen LogP contribution in [-0.2, 0) is 6.54 Å². The SMILES string of the molecule is CC(C)(C)C1(CNCC(F)(F)CO)CCN(Cc2ccccc2)C1. The average Bonchev–Trinajstić information content (AvgIpc) is 2.92. The molecule has 1 atom stereocenters. The molecule has 0 aromatic heterocycles. The standard InChI is InChI=1S/C19H30F2N2O/c1-17(2,3)18(12-22-13-19(20,21)15-24)9-10-23(14-18)11-16-7-5-4-6-8-16/h4-8,22,24H,9-15H2,1-3H3. The maximum absolute atomic E-state index is 13.3. The first-order valence-corrected chi connectivity index (χ1v) is 8.63. The molecule has 24 heavy (non-hydrogen) atoms. The second kappa shape index (κ2) is 7.46. The number of benzene rings is 1. The highest BCUT2D eigenvalue weighted by molar-refractivity contribution is 5.15. The molecule has 1 aromatic rings. The van der Waals surface area contributed by atoms with Crippen LogP contribution in [0.15, 0.2) is 30.3 Å². The Balaban J connectivity index is 1.99. The van der Waals surface area contributed by atoms with Gasteiger partial charge in [-0.1, -0.05) is 51.1 Å². The van der Waals surface area contributed by atoms with Gasteiger partial charge in [-0.3, -0.25) is 4.90 Å². The topological polar surface area (TPSA) is 35.5 Å². The zero-order valence-corrected chi connectivity index (χ0v) is 15.0. The molecule has 1 unspecified atom stereocenters. The monoisotopic (exact) mass is 340 g/mol. The number of rotatable bonds is 7. The van der Waals surface area contributed by atoms with Crippen molar-refractivity contribution in [3.63, 3.8) is 0 Å². The molecular formula is C19H30F2N2O. The number of hydrogen-bond acceptors (Lipinski definition) is 3. The van der Waals surface area contributed by atoms with Crippen LogP contribution in [0.5, 0.6) is 0 Å². The van der Waals surface area contributed by atoms with Crippen molar-refractivity contribution in [2.45, 2.75) is 39.7 Å². The van der Waals surface area contributed by atoms with Crippen LogP contribution in [0, 0.1) is 10.8 Å². The quantitative estimate of drug-likeness (QED) is 0.800. The number of likely N-dealkylation sites (tertiary alicyclic amines) is 1. The van der Waals surface area contributed by atoms with E-state index >= 15 is 0 Å². The fourth-order valence-corrected chi connectivity index (χ4v) is 3.50. The molecular weight excluding hydrogens is 310 g/mol. The first kappa shape index (κ1) is 19.3. The molecule has 0 radical (unpaired) electrons. The summed E-state index contributed by atoms with van der Waals surface area (Å²) in [6, 6.07) is 10.3. The lowest BCUT2D eigenvalue weighted by Crippen LogP contribution is -2.48. The molecule has 136 valence electrons. The first-order valence-electron chi connectivity index (χ1n) is 8.63. The molecule has 1 fully saturated rings. The van der Waals surface area contributed by atoms with Crippen LogP contribution in [0.3, 0.4) is 0 Å². The van der Waals surface area contributed by atoms with Gasteiger partial charge in [-0.05, 0) is 23.9 Å². The summed E-state index contributed by atoms with van der Waals surface area (Å²) < 4.78 is 26.6. The van der Waals surface area contributed by atoms with Crippen molar-refractivity contribution in [3.8, 4) is 0 Å². The number of hydrogen-bond donors (Lipinski definition) is 2. The van der Waals surface area contributed by atoms with Gasteiger partial charge >= 0.3 is 0 Å². The van der Waals surface area contributed by atoms with Gasteiger partial charge < -0.3 is 10.4 Å². The van der Waals surface area contributed by atoms with Gasteiger partial charge in [0.25, 0.3) is 5.92 Å². The van der Waals surface area contributed by atoms with Gasteiger partial charge in [0.05, 0.1) is 6.54 Å². The summed E-state index contributed by atoms with van der Waals surface area (Å²) in [6.07, 6.45) is 0.987. The van der Waals surface area contributed by atoms with E-state index in [0.29, 0.717) is 6.54 Å². The number of nitrogens with one attached hydrogen (secondary N) is 1. The normalized spacial score (nSPS) is 22.9. The van der Waals surface area contributed by atoms with Crippen molar-refractivity contribution in [2.24, 2.45) is 10.8 Å². The predicted octanol–water partition coefficient (Wildman–Crippen LogP) is 3.14. The number of alkyl halides is 2. The molecule has 0 saturated carbocycles. The predicted molar refractivity (Wildman–Crippen MR) is 93.1 cm³/mol. The fraction of sp³-hybridized carbons (Fsp3) is 0.684. The van der Waals surface area contributed by atoms with Gasteiger partial charge in [0.15, 0.2) is 0 Å². The minimum absolute atomic E-state index is 0.0138. The molecule has 1 heterocycles. The third kappa shape index (κ3) is 4.74. The molecule has 2 N–H and O–H groups in total. The van der Waals surface area contributed by atoms with Crippen LogP contribution in [0.4, 0.5) is 8.78 Å². The molecule has 3 nitrogen and oxygen atoms in total. The lowest BCUT2D eigenvalue weighted by molar-refractivity contribution is -0.0509. The summed E-state index contributed by atoms with van der Waals surface area (Å²) >= 11 is 0. The van der Waals surface area contributed by atoms with E-state index in [9.17, 15) is 8.78 Å². The van der Waals surface area contributed by atoms with E-state index in [4.69, 9.17) is 5.11 Å². The van der Waals surface area contributed by atoms with Gasteiger partial charge in [0.2, 0.25) is 0 Å². The van der Waals surface area contributed by atoms with Crippen molar-refractivity contribution in [1.82, 2.24) is 10.2 Å². The molecule has 1 saturated heterocycles. The van der Waals surface area contributed by atoms with Gasteiger partial charge in [0, 0.05) is 25.0 Å². The van der Waals surface area contributed by atoms with Crippen molar-refractivity contribution in [3.05, 3.63) is 35.9 Å². The maximum atomic E-state index is 13.3. The minimum atomic E-state index is -3.05. The van der Waals surface area contributed by atoms with E-state index in [1.807, 2.05) is 18.2 Å². The van der Waals surface area contributed by atoms with Gasteiger partial charge in [-0.25, -0.2) is 8.78 Å². The summed E-state index contributed by atoms with van der Waals surface area (Å²) in [5.74, 6) is -3.05. The van der Waals surface area contributed by atoms with Gasteiger partial charge in [0.1, 0.15) is 6.61 Å².